The first-order valence-corrected chi connectivity index (χ1v) is 10.7. The summed E-state index contributed by atoms with van der Waals surface area (Å²) in [5, 5.41) is 11.6. The van der Waals surface area contributed by atoms with Gasteiger partial charge < -0.3 is 4.90 Å². The van der Waals surface area contributed by atoms with Crippen LogP contribution in [0.1, 0.15) is 22.5 Å². The van der Waals surface area contributed by atoms with Gasteiger partial charge in [-0.1, -0.05) is 0 Å². The number of amides is 1. The van der Waals surface area contributed by atoms with E-state index in [9.17, 15) is 9.18 Å². The van der Waals surface area contributed by atoms with Gasteiger partial charge >= 0.3 is 0 Å². The molecular weight excluding hydrogens is 461 g/mol. The Morgan fingerprint density at radius 1 is 1.16 bits per heavy atom. The molecule has 158 valence electrons. The van der Waals surface area contributed by atoms with Gasteiger partial charge in [-0.15, -0.1) is 0 Å². The molecule has 0 aliphatic heterocycles. The number of benzene rings is 2. The lowest BCUT2D eigenvalue weighted by Crippen LogP contribution is -2.28. The zero-order chi connectivity index (χ0) is 21.8. The van der Waals surface area contributed by atoms with E-state index in [1.807, 2.05) is 36.5 Å². The van der Waals surface area contributed by atoms with Gasteiger partial charge in [0.05, 0.1) is 22.1 Å². The van der Waals surface area contributed by atoms with Crippen molar-refractivity contribution in [1.82, 2.24) is 24.9 Å². The van der Waals surface area contributed by atoms with Crippen molar-refractivity contribution in [1.29, 1.82) is 0 Å². The van der Waals surface area contributed by atoms with E-state index in [1.54, 1.807) is 35.0 Å². The van der Waals surface area contributed by atoms with Crippen LogP contribution in [0, 0.1) is 5.82 Å². The monoisotopic (exact) mass is 481 g/mol. The van der Waals surface area contributed by atoms with Gasteiger partial charge in [0.1, 0.15) is 5.82 Å². The third kappa shape index (κ3) is 5.08. The van der Waals surface area contributed by atoms with Crippen molar-refractivity contribution in [3.8, 4) is 16.9 Å². The van der Waals surface area contributed by atoms with Gasteiger partial charge in [-0.3, -0.25) is 9.89 Å². The summed E-state index contributed by atoms with van der Waals surface area (Å²) in [7, 11) is 1.80. The number of aryl methyl sites for hydroxylation is 1. The number of carbonyl (C=O) groups excluding carboxylic acids is 1. The van der Waals surface area contributed by atoms with Crippen LogP contribution in [0.5, 0.6) is 0 Å². The molecule has 0 spiro atoms. The topological polar surface area (TPSA) is 66.8 Å². The van der Waals surface area contributed by atoms with Crippen LogP contribution in [-0.2, 0) is 6.42 Å². The van der Waals surface area contributed by atoms with E-state index in [1.165, 1.54) is 12.1 Å². The van der Waals surface area contributed by atoms with Crippen molar-refractivity contribution < 1.29 is 9.18 Å². The maximum absolute atomic E-state index is 13.1. The summed E-state index contributed by atoms with van der Waals surface area (Å²) in [6, 6.07) is 15.6. The number of H-pyrrole nitrogens is 1. The van der Waals surface area contributed by atoms with Crippen molar-refractivity contribution in [2.75, 3.05) is 13.6 Å². The Morgan fingerprint density at radius 2 is 1.90 bits per heavy atom. The second-order valence-electron chi connectivity index (χ2n) is 7.27. The fourth-order valence-corrected chi connectivity index (χ4v) is 3.57. The quantitative estimate of drug-likeness (QED) is 0.409. The minimum Gasteiger partial charge on any atom is -0.342 e. The van der Waals surface area contributed by atoms with Crippen LogP contribution in [0.2, 0.25) is 0 Å². The first-order valence-electron chi connectivity index (χ1n) is 9.86. The fourth-order valence-electron chi connectivity index (χ4n) is 3.29. The molecule has 2 aromatic heterocycles. The number of carbonyl (C=O) groups is 1. The molecule has 2 aromatic carbocycles. The highest BCUT2D eigenvalue weighted by Crippen LogP contribution is 2.19. The number of aromatic nitrogens is 4. The highest BCUT2D eigenvalue weighted by atomic mass is 79.9. The third-order valence-electron chi connectivity index (χ3n) is 4.99. The SMILES string of the molecule is CN(CCCc1cc(-c2ccc(F)cc2)n[nH]1)C(=O)c1ccc(-n2cc(Br)cn2)cc1. The minimum absolute atomic E-state index is 0.0233. The van der Waals surface area contributed by atoms with Crippen molar-refractivity contribution in [2.45, 2.75) is 12.8 Å². The Balaban J connectivity index is 1.30. The Morgan fingerprint density at radius 3 is 2.58 bits per heavy atom. The smallest absolute Gasteiger partial charge is 0.253 e. The number of nitrogens with zero attached hydrogens (tertiary/aromatic N) is 4. The lowest BCUT2D eigenvalue weighted by molar-refractivity contribution is 0.0793. The zero-order valence-electron chi connectivity index (χ0n) is 16.9. The summed E-state index contributed by atoms with van der Waals surface area (Å²) < 4.78 is 15.7. The molecule has 0 fully saturated rings. The summed E-state index contributed by atoms with van der Waals surface area (Å²) in [6.45, 7) is 0.623. The number of hydrogen-bond donors (Lipinski definition) is 1. The summed E-state index contributed by atoms with van der Waals surface area (Å²) in [5.74, 6) is -0.291. The number of nitrogens with one attached hydrogen (secondary N) is 1. The molecule has 0 aliphatic carbocycles. The van der Waals surface area contributed by atoms with Gasteiger partial charge in [0.25, 0.3) is 5.91 Å². The Labute approximate surface area is 187 Å². The molecule has 0 bridgehead atoms. The number of hydrogen-bond acceptors (Lipinski definition) is 3. The molecule has 4 aromatic rings. The molecule has 4 rings (SSSR count). The maximum Gasteiger partial charge on any atom is 0.253 e. The van der Waals surface area contributed by atoms with E-state index in [2.05, 4.69) is 31.2 Å². The molecule has 0 unspecified atom stereocenters. The van der Waals surface area contributed by atoms with Gasteiger partial charge in [-0.25, -0.2) is 9.07 Å². The van der Waals surface area contributed by atoms with Gasteiger partial charge in [0.2, 0.25) is 0 Å². The molecule has 8 heteroatoms. The Kier molecular flexibility index (Phi) is 6.27. The van der Waals surface area contributed by atoms with E-state index in [4.69, 9.17) is 0 Å². The fraction of sp³-hybridized carbons (Fsp3) is 0.174. The van der Waals surface area contributed by atoms with Gasteiger partial charge in [0, 0.05) is 36.6 Å². The summed E-state index contributed by atoms with van der Waals surface area (Å²) >= 11 is 3.38. The zero-order valence-corrected chi connectivity index (χ0v) is 18.5. The van der Waals surface area contributed by atoms with E-state index in [-0.39, 0.29) is 11.7 Å². The van der Waals surface area contributed by atoms with E-state index in [0.717, 1.165) is 40.0 Å². The summed E-state index contributed by atoms with van der Waals surface area (Å²) in [5.41, 5.74) is 4.15. The third-order valence-corrected chi connectivity index (χ3v) is 5.40. The molecule has 0 aliphatic rings. The molecule has 0 atom stereocenters. The van der Waals surface area contributed by atoms with Crippen molar-refractivity contribution >= 4 is 21.8 Å². The highest BCUT2D eigenvalue weighted by Gasteiger charge is 2.12. The van der Waals surface area contributed by atoms with Crippen LogP contribution in [0.15, 0.2) is 71.5 Å². The highest BCUT2D eigenvalue weighted by molar-refractivity contribution is 9.10. The Bertz CT molecular complexity index is 1170. The predicted molar refractivity (Wildman–Crippen MR) is 121 cm³/mol. The molecule has 6 nitrogen and oxygen atoms in total. The average molecular weight is 482 g/mol. The second-order valence-corrected chi connectivity index (χ2v) is 8.18. The van der Waals surface area contributed by atoms with Gasteiger partial charge in [-0.05, 0) is 83.4 Å². The largest absolute Gasteiger partial charge is 0.342 e. The molecular formula is C23H21BrFN5O. The Hall–Kier alpha value is -3.26. The van der Waals surface area contributed by atoms with E-state index >= 15 is 0 Å². The van der Waals surface area contributed by atoms with E-state index in [0.29, 0.717) is 12.1 Å². The maximum atomic E-state index is 13.1. The van der Waals surface area contributed by atoms with Crippen molar-refractivity contribution in [3.63, 3.8) is 0 Å². The van der Waals surface area contributed by atoms with Crippen LogP contribution in [-0.4, -0.2) is 44.4 Å². The number of rotatable bonds is 7. The van der Waals surface area contributed by atoms with E-state index < -0.39 is 0 Å². The van der Waals surface area contributed by atoms with Crippen LogP contribution in [0.4, 0.5) is 4.39 Å². The second kappa shape index (κ2) is 9.26. The number of halogens is 2. The molecule has 2 heterocycles. The molecule has 0 radical (unpaired) electrons. The summed E-state index contributed by atoms with van der Waals surface area (Å²) in [4.78, 5) is 14.4. The van der Waals surface area contributed by atoms with Crippen LogP contribution in [0.25, 0.3) is 16.9 Å². The standard InChI is InChI=1S/C23H21BrFN5O/c1-29(23(31)17-6-10-21(11-7-17)30-15-18(24)14-26-30)12-2-3-20-13-22(28-27-20)16-4-8-19(25)9-5-16/h4-11,13-15H,2-3,12H2,1H3,(H,27,28). The average Bonchev–Trinajstić information content (AvgIpc) is 3.43. The van der Waals surface area contributed by atoms with Crippen molar-refractivity contribution in [3.05, 3.63) is 88.5 Å². The van der Waals surface area contributed by atoms with Crippen molar-refractivity contribution in [2.24, 2.45) is 0 Å². The minimum atomic E-state index is -0.267. The lowest BCUT2D eigenvalue weighted by Gasteiger charge is -2.17. The van der Waals surface area contributed by atoms with Crippen LogP contribution >= 0.6 is 15.9 Å². The molecule has 1 amide bonds. The van der Waals surface area contributed by atoms with Gasteiger partial charge in [0.15, 0.2) is 0 Å². The molecule has 1 N–H and O–H groups in total. The normalized spacial score (nSPS) is 10.9. The number of aromatic amines is 1. The molecule has 0 saturated carbocycles. The van der Waals surface area contributed by atoms with Crippen LogP contribution < -0.4 is 0 Å². The molecule has 0 saturated heterocycles. The van der Waals surface area contributed by atoms with Crippen LogP contribution in [0.3, 0.4) is 0 Å². The predicted octanol–water partition coefficient (Wildman–Crippen LogP) is 4.87. The first kappa shape index (κ1) is 21.0. The molecule has 31 heavy (non-hydrogen) atoms. The first-order chi connectivity index (χ1) is 15.0. The lowest BCUT2D eigenvalue weighted by atomic mass is 10.1. The summed E-state index contributed by atoms with van der Waals surface area (Å²) in [6.07, 6.45) is 5.14. The van der Waals surface area contributed by atoms with Gasteiger partial charge in [-0.2, -0.15) is 10.2 Å².